The molecule has 1 aromatic carbocycles. The van der Waals surface area contributed by atoms with E-state index >= 15 is 0 Å². The van der Waals surface area contributed by atoms with Crippen LogP contribution < -0.4 is 10.1 Å². The maximum Gasteiger partial charge on any atom is 0.251 e. The second-order valence-electron chi connectivity index (χ2n) is 8.44. The number of carbonyl (C=O) groups excluding carboxylic acids is 1. The maximum atomic E-state index is 12.9. The van der Waals surface area contributed by atoms with Crippen molar-refractivity contribution in [3.05, 3.63) is 41.2 Å². The third-order valence-corrected chi connectivity index (χ3v) is 6.43. The summed E-state index contributed by atoms with van der Waals surface area (Å²) in [5.74, 6) is 1.24. The third-order valence-electron chi connectivity index (χ3n) is 6.43. The number of carbonyl (C=O) groups is 1. The van der Waals surface area contributed by atoms with E-state index in [0.717, 1.165) is 23.6 Å². The molecule has 0 saturated carbocycles. The molecule has 2 saturated heterocycles. The number of piperidine rings is 2. The lowest BCUT2D eigenvalue weighted by Crippen LogP contribution is -2.51. The zero-order valence-corrected chi connectivity index (χ0v) is 17.8. The molecule has 2 aliphatic rings. The highest BCUT2D eigenvalue weighted by Crippen LogP contribution is 2.30. The van der Waals surface area contributed by atoms with Crippen LogP contribution in [-0.2, 0) is 0 Å². The van der Waals surface area contributed by atoms with Gasteiger partial charge in [-0.25, -0.2) is 4.68 Å². The van der Waals surface area contributed by atoms with Gasteiger partial charge in [0.25, 0.3) is 5.91 Å². The molecule has 0 bridgehead atoms. The molecule has 1 amide bonds. The van der Waals surface area contributed by atoms with E-state index < -0.39 is 0 Å². The van der Waals surface area contributed by atoms with Crippen molar-refractivity contribution in [2.45, 2.75) is 52.0 Å². The highest BCUT2D eigenvalue weighted by atomic mass is 16.5. The average Bonchev–Trinajstić information content (AvgIpc) is 3.09. The minimum absolute atomic E-state index is 0.0247. The Balaban J connectivity index is 1.49. The molecular formula is C23H32N4O2. The van der Waals surface area contributed by atoms with Crippen LogP contribution in [0, 0.1) is 19.8 Å². The Morgan fingerprint density at radius 1 is 1.17 bits per heavy atom. The molecule has 6 nitrogen and oxygen atoms in total. The fraction of sp³-hybridized carbons (Fsp3) is 0.565. The number of fused-ring (bicyclic) bond motifs is 1. The maximum absolute atomic E-state index is 12.9. The van der Waals surface area contributed by atoms with Gasteiger partial charge in [0.15, 0.2) is 0 Å². The molecule has 2 fully saturated rings. The van der Waals surface area contributed by atoms with Gasteiger partial charge in [-0.05, 0) is 82.8 Å². The molecule has 1 unspecified atom stereocenters. The predicted molar refractivity (Wildman–Crippen MR) is 114 cm³/mol. The number of benzene rings is 1. The van der Waals surface area contributed by atoms with Gasteiger partial charge < -0.3 is 15.0 Å². The second kappa shape index (κ2) is 8.57. The Kier molecular flexibility index (Phi) is 5.90. The summed E-state index contributed by atoms with van der Waals surface area (Å²) in [6.45, 7) is 7.16. The van der Waals surface area contributed by atoms with E-state index in [1.165, 1.54) is 45.2 Å². The molecule has 4 rings (SSSR count). The largest absolute Gasteiger partial charge is 0.494 e. The number of rotatable bonds is 5. The van der Waals surface area contributed by atoms with E-state index in [1.54, 1.807) is 7.11 Å². The third kappa shape index (κ3) is 4.17. The normalized spacial score (nSPS) is 22.2. The van der Waals surface area contributed by atoms with E-state index in [2.05, 4.69) is 15.3 Å². The van der Waals surface area contributed by atoms with E-state index in [1.807, 2.05) is 42.8 Å². The van der Waals surface area contributed by atoms with Gasteiger partial charge in [-0.1, -0.05) is 6.42 Å². The van der Waals surface area contributed by atoms with Gasteiger partial charge in [-0.15, -0.1) is 0 Å². The van der Waals surface area contributed by atoms with Gasteiger partial charge in [0.2, 0.25) is 0 Å². The van der Waals surface area contributed by atoms with Crippen LogP contribution in [0.15, 0.2) is 24.3 Å². The Hall–Kier alpha value is -2.34. The van der Waals surface area contributed by atoms with E-state index in [9.17, 15) is 4.79 Å². The van der Waals surface area contributed by atoms with Gasteiger partial charge in [0.1, 0.15) is 11.4 Å². The monoisotopic (exact) mass is 396 g/mol. The summed E-state index contributed by atoms with van der Waals surface area (Å²) in [5, 5.41) is 7.76. The number of hydrogen-bond donors (Lipinski definition) is 1. The Labute approximate surface area is 173 Å². The van der Waals surface area contributed by atoms with Crippen molar-refractivity contribution in [1.29, 1.82) is 0 Å². The standard InChI is InChI=1S/C23H32N4O2/c1-16-13-17(2)27(25-16)21-14-18(9-10-22(21)29-3)23(28)24-15-19-7-6-12-26-11-5-4-8-20(19)26/h9-10,13-14,19-20H,4-8,11-12,15H2,1-3H3,(H,24,28)/t19-,20?/m0/s1. The summed E-state index contributed by atoms with van der Waals surface area (Å²) in [6.07, 6.45) is 6.35. The second-order valence-corrected chi connectivity index (χ2v) is 8.44. The molecular weight excluding hydrogens is 364 g/mol. The van der Waals surface area contributed by atoms with Crippen molar-refractivity contribution >= 4 is 5.91 Å². The molecule has 3 heterocycles. The molecule has 0 aliphatic carbocycles. The fourth-order valence-electron chi connectivity index (χ4n) is 5.01. The van der Waals surface area contributed by atoms with Gasteiger partial charge >= 0.3 is 0 Å². The van der Waals surface area contributed by atoms with E-state index in [4.69, 9.17) is 4.74 Å². The lowest BCUT2D eigenvalue weighted by atomic mass is 9.83. The molecule has 0 spiro atoms. The van der Waals surface area contributed by atoms with Crippen molar-refractivity contribution in [1.82, 2.24) is 20.0 Å². The van der Waals surface area contributed by atoms with Gasteiger partial charge in [-0.2, -0.15) is 5.10 Å². The number of hydrogen-bond acceptors (Lipinski definition) is 4. The first-order valence-corrected chi connectivity index (χ1v) is 10.8. The van der Waals surface area contributed by atoms with Crippen LogP contribution >= 0.6 is 0 Å². The lowest BCUT2D eigenvalue weighted by molar-refractivity contribution is 0.0575. The summed E-state index contributed by atoms with van der Waals surface area (Å²) >= 11 is 0. The number of methoxy groups -OCH3 is 1. The summed E-state index contributed by atoms with van der Waals surface area (Å²) in [6, 6.07) is 8.22. The molecule has 29 heavy (non-hydrogen) atoms. The minimum atomic E-state index is -0.0247. The first-order valence-electron chi connectivity index (χ1n) is 10.8. The minimum Gasteiger partial charge on any atom is -0.494 e. The summed E-state index contributed by atoms with van der Waals surface area (Å²) in [5.41, 5.74) is 3.39. The van der Waals surface area contributed by atoms with Crippen molar-refractivity contribution in [2.24, 2.45) is 5.92 Å². The predicted octanol–water partition coefficient (Wildman–Crippen LogP) is 3.49. The first-order chi connectivity index (χ1) is 14.1. The van der Waals surface area contributed by atoms with Gasteiger partial charge in [0.05, 0.1) is 12.8 Å². The molecule has 2 aromatic rings. The number of aryl methyl sites for hydroxylation is 2. The van der Waals surface area contributed by atoms with Gasteiger partial charge in [-0.3, -0.25) is 4.79 Å². The summed E-state index contributed by atoms with van der Waals surface area (Å²) in [4.78, 5) is 15.6. The SMILES string of the molecule is COc1ccc(C(=O)NC[C@@H]2CCCN3CCCCC23)cc1-n1nc(C)cc1C. The molecule has 156 valence electrons. The molecule has 0 radical (unpaired) electrons. The Morgan fingerprint density at radius 2 is 2.00 bits per heavy atom. The Bertz CT molecular complexity index is 874. The highest BCUT2D eigenvalue weighted by molar-refractivity contribution is 5.95. The van der Waals surface area contributed by atoms with Crippen molar-refractivity contribution in [3.63, 3.8) is 0 Å². The van der Waals surface area contributed by atoms with E-state index in [-0.39, 0.29) is 5.91 Å². The van der Waals surface area contributed by atoms with Crippen LogP contribution in [0.5, 0.6) is 5.75 Å². The zero-order chi connectivity index (χ0) is 20.4. The molecule has 6 heteroatoms. The Morgan fingerprint density at radius 3 is 2.76 bits per heavy atom. The smallest absolute Gasteiger partial charge is 0.251 e. The lowest BCUT2D eigenvalue weighted by Gasteiger charge is -2.44. The van der Waals surface area contributed by atoms with Crippen LogP contribution in [0.2, 0.25) is 0 Å². The molecule has 1 aromatic heterocycles. The quantitative estimate of drug-likeness (QED) is 0.840. The van der Waals surface area contributed by atoms with E-state index in [0.29, 0.717) is 23.3 Å². The highest BCUT2D eigenvalue weighted by Gasteiger charge is 2.33. The van der Waals surface area contributed by atoms with Crippen LogP contribution in [0.1, 0.15) is 53.8 Å². The average molecular weight is 397 g/mol. The van der Waals surface area contributed by atoms with Crippen molar-refractivity contribution < 1.29 is 9.53 Å². The number of aromatic nitrogens is 2. The van der Waals surface area contributed by atoms with Crippen LogP contribution in [0.25, 0.3) is 5.69 Å². The van der Waals surface area contributed by atoms with Crippen LogP contribution in [-0.4, -0.2) is 53.4 Å². The van der Waals surface area contributed by atoms with Gasteiger partial charge in [0, 0.05) is 23.8 Å². The number of nitrogens with zero attached hydrogens (tertiary/aromatic N) is 3. The van der Waals surface area contributed by atoms with Crippen LogP contribution in [0.4, 0.5) is 0 Å². The first kappa shape index (κ1) is 20.0. The molecule has 1 N–H and O–H groups in total. The number of nitrogens with one attached hydrogen (secondary N) is 1. The number of amides is 1. The number of ether oxygens (including phenoxy) is 1. The zero-order valence-electron chi connectivity index (χ0n) is 17.8. The van der Waals surface area contributed by atoms with Crippen LogP contribution in [0.3, 0.4) is 0 Å². The fourth-order valence-corrected chi connectivity index (χ4v) is 5.01. The molecule has 2 aliphatic heterocycles. The topological polar surface area (TPSA) is 59.4 Å². The summed E-state index contributed by atoms with van der Waals surface area (Å²) in [7, 11) is 1.64. The van der Waals surface area contributed by atoms with Crippen molar-refractivity contribution in [3.8, 4) is 11.4 Å². The summed E-state index contributed by atoms with van der Waals surface area (Å²) < 4.78 is 7.35. The van der Waals surface area contributed by atoms with Crippen molar-refractivity contribution in [2.75, 3.05) is 26.7 Å². The molecule has 2 atom stereocenters.